The van der Waals surface area contributed by atoms with Gasteiger partial charge in [0.25, 0.3) is 0 Å². The maximum atomic E-state index is 11.4. The third-order valence-corrected chi connectivity index (χ3v) is 4.01. The average Bonchev–Trinajstić information content (AvgIpc) is 2.35. The summed E-state index contributed by atoms with van der Waals surface area (Å²) in [6, 6.07) is 7.74. The number of benzene rings is 1. The zero-order chi connectivity index (χ0) is 13.6. The molecule has 1 unspecified atom stereocenters. The highest BCUT2D eigenvalue weighted by atomic mass is 35.5. The van der Waals surface area contributed by atoms with Gasteiger partial charge in [0.05, 0.1) is 7.11 Å². The lowest BCUT2D eigenvalue weighted by Gasteiger charge is -2.20. The van der Waals surface area contributed by atoms with Crippen LogP contribution in [-0.2, 0) is 15.3 Å². The third-order valence-electron chi connectivity index (χ3n) is 2.63. The van der Waals surface area contributed by atoms with Crippen LogP contribution in [-0.4, -0.2) is 24.4 Å². The van der Waals surface area contributed by atoms with E-state index in [1.165, 1.54) is 7.11 Å². The number of thioether (sulfide) groups is 1. The van der Waals surface area contributed by atoms with Crippen LogP contribution in [0.1, 0.15) is 18.9 Å². The predicted octanol–water partition coefficient (Wildman–Crippen LogP) is 2.85. The Balaban J connectivity index is 2.35. The first-order valence-electron chi connectivity index (χ1n) is 5.66. The molecule has 0 bridgehead atoms. The summed E-state index contributed by atoms with van der Waals surface area (Å²) in [4.78, 5) is 11.4. The fourth-order valence-electron chi connectivity index (χ4n) is 1.42. The smallest absolute Gasteiger partial charge is 0.325 e. The topological polar surface area (TPSA) is 52.3 Å². The molecule has 0 aliphatic rings. The van der Waals surface area contributed by atoms with Gasteiger partial charge in [0, 0.05) is 10.8 Å². The van der Waals surface area contributed by atoms with Crippen LogP contribution in [0, 0.1) is 0 Å². The fraction of sp³-hybridized carbons (Fsp3) is 0.462. The normalized spacial score (nSPS) is 14.0. The maximum absolute atomic E-state index is 11.4. The molecule has 18 heavy (non-hydrogen) atoms. The van der Waals surface area contributed by atoms with Gasteiger partial charge < -0.3 is 10.5 Å². The molecule has 1 aromatic rings. The minimum absolute atomic E-state index is 0.374. The zero-order valence-corrected chi connectivity index (χ0v) is 12.2. The summed E-state index contributed by atoms with van der Waals surface area (Å²) < 4.78 is 4.66. The number of hydrogen-bond acceptors (Lipinski definition) is 4. The van der Waals surface area contributed by atoms with Crippen molar-refractivity contribution < 1.29 is 9.53 Å². The summed E-state index contributed by atoms with van der Waals surface area (Å²) in [5, 5.41) is 0.772. The Morgan fingerprint density at radius 3 is 2.78 bits per heavy atom. The molecule has 0 aromatic heterocycles. The molecule has 0 saturated heterocycles. The highest BCUT2D eigenvalue weighted by Crippen LogP contribution is 2.22. The van der Waals surface area contributed by atoms with Crippen LogP contribution < -0.4 is 5.73 Å². The average molecular weight is 288 g/mol. The molecule has 1 atom stereocenters. The molecule has 0 aliphatic heterocycles. The van der Waals surface area contributed by atoms with E-state index in [-0.39, 0.29) is 5.97 Å². The van der Waals surface area contributed by atoms with E-state index in [1.54, 1.807) is 18.7 Å². The number of methoxy groups -OCH3 is 1. The van der Waals surface area contributed by atoms with Crippen LogP contribution in [0.5, 0.6) is 0 Å². The van der Waals surface area contributed by atoms with Gasteiger partial charge >= 0.3 is 5.97 Å². The van der Waals surface area contributed by atoms with Crippen LogP contribution in [0.4, 0.5) is 0 Å². The quantitative estimate of drug-likeness (QED) is 0.646. The van der Waals surface area contributed by atoms with Gasteiger partial charge in [0.15, 0.2) is 0 Å². The second-order valence-electron chi connectivity index (χ2n) is 4.30. The van der Waals surface area contributed by atoms with Crippen LogP contribution >= 0.6 is 23.4 Å². The SMILES string of the molecule is COC(=O)C(C)(N)CCSCc1ccccc1Cl. The Morgan fingerprint density at radius 2 is 2.17 bits per heavy atom. The van der Waals surface area contributed by atoms with Gasteiger partial charge in [-0.2, -0.15) is 11.8 Å². The van der Waals surface area contributed by atoms with Gasteiger partial charge in [0.1, 0.15) is 5.54 Å². The molecule has 0 heterocycles. The van der Waals surface area contributed by atoms with Gasteiger partial charge in [-0.05, 0) is 30.7 Å². The van der Waals surface area contributed by atoms with Crippen molar-refractivity contribution >= 4 is 29.3 Å². The highest BCUT2D eigenvalue weighted by Gasteiger charge is 2.28. The highest BCUT2D eigenvalue weighted by molar-refractivity contribution is 7.98. The Labute approximate surface area is 117 Å². The van der Waals surface area contributed by atoms with Crippen molar-refractivity contribution in [2.75, 3.05) is 12.9 Å². The zero-order valence-electron chi connectivity index (χ0n) is 10.6. The minimum atomic E-state index is -0.914. The molecule has 3 nitrogen and oxygen atoms in total. The van der Waals surface area contributed by atoms with E-state index in [4.69, 9.17) is 17.3 Å². The van der Waals surface area contributed by atoms with Gasteiger partial charge in [-0.1, -0.05) is 29.8 Å². The van der Waals surface area contributed by atoms with Crippen molar-refractivity contribution in [2.45, 2.75) is 24.6 Å². The fourth-order valence-corrected chi connectivity index (χ4v) is 2.88. The number of halogens is 1. The molecule has 0 saturated carbocycles. The molecule has 2 N–H and O–H groups in total. The molecule has 1 aromatic carbocycles. The number of carbonyl (C=O) groups excluding carboxylic acids is 1. The molecular formula is C13H18ClNO2S. The van der Waals surface area contributed by atoms with Crippen molar-refractivity contribution in [3.63, 3.8) is 0 Å². The Bertz CT molecular complexity index is 410. The first kappa shape index (κ1) is 15.3. The van der Waals surface area contributed by atoms with Crippen LogP contribution in [0.2, 0.25) is 5.02 Å². The van der Waals surface area contributed by atoms with Crippen molar-refractivity contribution in [3.05, 3.63) is 34.9 Å². The van der Waals surface area contributed by atoms with Crippen LogP contribution in [0.3, 0.4) is 0 Å². The van der Waals surface area contributed by atoms with Gasteiger partial charge in [-0.25, -0.2) is 0 Å². The van der Waals surface area contributed by atoms with Crippen LogP contribution in [0.15, 0.2) is 24.3 Å². The number of nitrogens with two attached hydrogens (primary N) is 1. The van der Waals surface area contributed by atoms with Crippen molar-refractivity contribution in [1.29, 1.82) is 0 Å². The van der Waals surface area contributed by atoms with E-state index in [0.29, 0.717) is 6.42 Å². The second-order valence-corrected chi connectivity index (χ2v) is 5.82. The monoisotopic (exact) mass is 287 g/mol. The van der Waals surface area contributed by atoms with Crippen LogP contribution in [0.25, 0.3) is 0 Å². The lowest BCUT2D eigenvalue weighted by atomic mass is 10.0. The molecule has 0 radical (unpaired) electrons. The van der Waals surface area contributed by atoms with E-state index in [0.717, 1.165) is 22.1 Å². The second kappa shape index (κ2) is 7.02. The van der Waals surface area contributed by atoms with E-state index in [9.17, 15) is 4.79 Å². The summed E-state index contributed by atoms with van der Waals surface area (Å²) in [5.41, 5.74) is 6.05. The number of hydrogen-bond donors (Lipinski definition) is 1. The standard InChI is InChI=1S/C13H18ClNO2S/c1-13(15,12(16)17-2)7-8-18-9-10-5-3-4-6-11(10)14/h3-6H,7-9,15H2,1-2H3. The lowest BCUT2D eigenvalue weighted by molar-refractivity contribution is -0.146. The first-order chi connectivity index (χ1) is 8.47. The third kappa shape index (κ3) is 4.52. The van der Waals surface area contributed by atoms with E-state index in [1.807, 2.05) is 24.3 Å². The number of ether oxygens (including phenoxy) is 1. The van der Waals surface area contributed by atoms with Crippen molar-refractivity contribution in [2.24, 2.45) is 5.73 Å². The summed E-state index contributed by atoms with van der Waals surface area (Å²) in [6.07, 6.45) is 0.578. The molecule has 0 amide bonds. The maximum Gasteiger partial charge on any atom is 0.325 e. The summed E-state index contributed by atoms with van der Waals surface area (Å²) in [7, 11) is 1.35. The Kier molecular flexibility index (Phi) is 5.99. The molecule has 0 spiro atoms. The summed E-state index contributed by atoms with van der Waals surface area (Å²) in [5.74, 6) is 1.23. The number of rotatable bonds is 6. The molecule has 100 valence electrons. The Hall–Kier alpha value is -0.710. The summed E-state index contributed by atoms with van der Waals surface area (Å²) in [6.45, 7) is 1.69. The molecular weight excluding hydrogens is 270 g/mol. The van der Waals surface area contributed by atoms with Gasteiger partial charge in [-0.3, -0.25) is 4.79 Å². The number of esters is 1. The lowest BCUT2D eigenvalue weighted by Crippen LogP contribution is -2.46. The minimum Gasteiger partial charge on any atom is -0.468 e. The van der Waals surface area contributed by atoms with Crippen molar-refractivity contribution in [1.82, 2.24) is 0 Å². The number of carbonyl (C=O) groups is 1. The molecule has 0 fully saturated rings. The molecule has 5 heteroatoms. The Morgan fingerprint density at radius 1 is 1.50 bits per heavy atom. The molecule has 1 rings (SSSR count). The largest absolute Gasteiger partial charge is 0.468 e. The van der Waals surface area contributed by atoms with Gasteiger partial charge in [0.2, 0.25) is 0 Å². The predicted molar refractivity (Wildman–Crippen MR) is 76.8 cm³/mol. The van der Waals surface area contributed by atoms with E-state index < -0.39 is 5.54 Å². The summed E-state index contributed by atoms with van der Waals surface area (Å²) >= 11 is 7.76. The van der Waals surface area contributed by atoms with Gasteiger partial charge in [-0.15, -0.1) is 0 Å². The first-order valence-corrected chi connectivity index (χ1v) is 7.19. The van der Waals surface area contributed by atoms with E-state index in [2.05, 4.69) is 4.74 Å². The van der Waals surface area contributed by atoms with Crippen molar-refractivity contribution in [3.8, 4) is 0 Å². The van der Waals surface area contributed by atoms with E-state index >= 15 is 0 Å². The molecule has 0 aliphatic carbocycles.